The third-order valence-electron chi connectivity index (χ3n) is 8.08. The van der Waals surface area contributed by atoms with Crippen LogP contribution in [-0.2, 0) is 4.79 Å². The van der Waals surface area contributed by atoms with Gasteiger partial charge in [0.15, 0.2) is 0 Å². The number of carbonyl (C=O) groups is 2. The molecule has 2 aliphatic rings. The molecule has 0 spiro atoms. The van der Waals surface area contributed by atoms with Crippen LogP contribution in [0.25, 0.3) is 10.8 Å². The minimum Gasteiger partial charge on any atom is -0.341 e. The van der Waals surface area contributed by atoms with Gasteiger partial charge in [0, 0.05) is 70.1 Å². The highest BCUT2D eigenvalue weighted by Crippen LogP contribution is 2.31. The largest absolute Gasteiger partial charge is 0.341 e. The number of hydrogen-bond donors (Lipinski definition) is 0. The summed E-state index contributed by atoms with van der Waals surface area (Å²) < 4.78 is 0. The second-order valence-electron chi connectivity index (χ2n) is 10.7. The molecule has 202 valence electrons. The van der Waals surface area contributed by atoms with Gasteiger partial charge in [0.2, 0.25) is 0 Å². The fraction of sp³-hybridized carbons (Fsp3) is 0.387. The molecule has 2 saturated heterocycles. The lowest BCUT2D eigenvalue weighted by atomic mass is 9.93. The Kier molecular flexibility index (Phi) is 8.54. The van der Waals surface area contributed by atoms with Gasteiger partial charge in [-0.2, -0.15) is 5.26 Å². The van der Waals surface area contributed by atoms with Crippen LogP contribution >= 0.6 is 23.2 Å². The van der Waals surface area contributed by atoms with Gasteiger partial charge in [0.05, 0.1) is 21.7 Å². The van der Waals surface area contributed by atoms with Crippen LogP contribution < -0.4 is 0 Å². The minimum absolute atomic E-state index is 0.0609. The van der Waals surface area contributed by atoms with Crippen LogP contribution in [0.15, 0.2) is 54.6 Å². The highest BCUT2D eigenvalue weighted by molar-refractivity contribution is 6.42. The first-order valence-corrected chi connectivity index (χ1v) is 14.2. The molecule has 1 atom stereocenters. The lowest BCUT2D eigenvalue weighted by Crippen LogP contribution is -2.60. The summed E-state index contributed by atoms with van der Waals surface area (Å²) in [5.74, 6) is 0.320. The maximum atomic E-state index is 13.7. The van der Waals surface area contributed by atoms with E-state index in [4.69, 9.17) is 23.2 Å². The number of hydrogen-bond acceptors (Lipinski definition) is 5. The first-order chi connectivity index (χ1) is 18.8. The van der Waals surface area contributed by atoms with Gasteiger partial charge in [0.25, 0.3) is 5.91 Å². The third kappa shape index (κ3) is 6.28. The van der Waals surface area contributed by atoms with Gasteiger partial charge >= 0.3 is 0 Å². The maximum absolute atomic E-state index is 13.7. The van der Waals surface area contributed by atoms with Crippen molar-refractivity contribution in [3.63, 3.8) is 0 Å². The predicted octanol–water partition coefficient (Wildman–Crippen LogP) is 5.61. The van der Waals surface area contributed by atoms with Gasteiger partial charge in [-0.15, -0.1) is 0 Å². The van der Waals surface area contributed by atoms with Crippen LogP contribution in [-0.4, -0.2) is 78.7 Å². The molecule has 0 radical (unpaired) electrons. The first kappa shape index (κ1) is 27.6. The van der Waals surface area contributed by atoms with Crippen molar-refractivity contribution in [3.05, 3.63) is 81.3 Å². The van der Waals surface area contributed by atoms with Gasteiger partial charge in [-0.3, -0.25) is 14.5 Å². The van der Waals surface area contributed by atoms with Crippen LogP contribution in [0.2, 0.25) is 10.0 Å². The van der Waals surface area contributed by atoms with E-state index >= 15 is 0 Å². The lowest BCUT2D eigenvalue weighted by Gasteiger charge is -2.47. The van der Waals surface area contributed by atoms with Gasteiger partial charge in [-0.1, -0.05) is 53.5 Å². The molecule has 2 aliphatic heterocycles. The molecular weight excluding hydrogens is 531 g/mol. The monoisotopic (exact) mass is 562 g/mol. The Morgan fingerprint density at radius 1 is 1.08 bits per heavy atom. The molecule has 3 aromatic rings. The lowest BCUT2D eigenvalue weighted by molar-refractivity contribution is -0.122. The summed E-state index contributed by atoms with van der Waals surface area (Å²) in [6.07, 6.45) is 2.20. The molecule has 0 N–H and O–H groups in total. The Morgan fingerprint density at radius 3 is 2.54 bits per heavy atom. The molecule has 2 fully saturated rings. The molecular formula is C31H32Cl2N4O2. The van der Waals surface area contributed by atoms with Crippen LogP contribution in [0.1, 0.15) is 46.7 Å². The van der Waals surface area contributed by atoms with E-state index in [0.717, 1.165) is 55.5 Å². The molecule has 5 rings (SSSR count). The van der Waals surface area contributed by atoms with Crippen molar-refractivity contribution in [1.82, 2.24) is 14.7 Å². The molecule has 0 aromatic heterocycles. The van der Waals surface area contributed by atoms with Gasteiger partial charge in [0.1, 0.15) is 5.78 Å². The highest BCUT2D eigenvalue weighted by Gasteiger charge is 2.33. The maximum Gasteiger partial charge on any atom is 0.254 e. The summed E-state index contributed by atoms with van der Waals surface area (Å²) in [5.41, 5.74) is 2.05. The minimum atomic E-state index is -0.114. The number of rotatable bonds is 8. The summed E-state index contributed by atoms with van der Waals surface area (Å²) in [7, 11) is 1.82. The number of carbonyl (C=O) groups excluding carboxylic acids is 2. The Labute approximate surface area is 239 Å². The molecule has 2 heterocycles. The summed E-state index contributed by atoms with van der Waals surface area (Å²) in [5, 5.41) is 12.3. The molecule has 0 unspecified atom stereocenters. The normalized spacial score (nSPS) is 17.5. The summed E-state index contributed by atoms with van der Waals surface area (Å²) in [6.45, 7) is 5.17. The van der Waals surface area contributed by atoms with Gasteiger partial charge in [-0.25, -0.2) is 0 Å². The van der Waals surface area contributed by atoms with E-state index in [-0.39, 0.29) is 11.8 Å². The smallest absolute Gasteiger partial charge is 0.254 e. The molecule has 1 amide bonds. The second kappa shape index (κ2) is 12.1. The van der Waals surface area contributed by atoms with E-state index in [0.29, 0.717) is 52.4 Å². The Hall–Kier alpha value is -2.95. The molecule has 0 aliphatic carbocycles. The number of likely N-dealkylation sites (tertiary alicyclic amines) is 2. The van der Waals surface area contributed by atoms with Crippen LogP contribution in [0.3, 0.4) is 0 Å². The number of Topliss-reactive ketones (excluding diaryl/α,β-unsaturated/α-hetero) is 1. The number of piperidine rings is 1. The van der Waals surface area contributed by atoms with Crippen molar-refractivity contribution >= 4 is 45.7 Å². The van der Waals surface area contributed by atoms with E-state index in [2.05, 4.69) is 15.9 Å². The highest BCUT2D eigenvalue weighted by atomic mass is 35.5. The SMILES string of the molecule is CN(C[C@@H](CCN1CC(N2CCC(=O)CC2)C1)c1ccc(Cl)c(Cl)c1)C(=O)c1cc(C#N)cc2ccccc12. The number of nitriles is 1. The zero-order valence-electron chi connectivity index (χ0n) is 22.1. The van der Waals surface area contributed by atoms with E-state index in [1.807, 2.05) is 55.6 Å². The number of benzene rings is 3. The fourth-order valence-electron chi connectivity index (χ4n) is 5.73. The third-order valence-corrected chi connectivity index (χ3v) is 8.82. The van der Waals surface area contributed by atoms with E-state index in [1.165, 1.54) is 0 Å². The van der Waals surface area contributed by atoms with Crippen LogP contribution in [0.4, 0.5) is 0 Å². The number of halogens is 2. The van der Waals surface area contributed by atoms with Crippen molar-refractivity contribution in [3.8, 4) is 6.07 Å². The van der Waals surface area contributed by atoms with Gasteiger partial charge in [-0.05, 0) is 53.6 Å². The van der Waals surface area contributed by atoms with Crippen molar-refractivity contribution < 1.29 is 9.59 Å². The van der Waals surface area contributed by atoms with Crippen molar-refractivity contribution in [1.29, 1.82) is 5.26 Å². The average molecular weight is 564 g/mol. The second-order valence-corrected chi connectivity index (χ2v) is 11.5. The summed E-state index contributed by atoms with van der Waals surface area (Å²) in [6, 6.07) is 19.6. The molecule has 3 aromatic carbocycles. The van der Waals surface area contributed by atoms with Crippen molar-refractivity contribution in [2.24, 2.45) is 0 Å². The number of nitrogens with zero attached hydrogens (tertiary/aromatic N) is 4. The van der Waals surface area contributed by atoms with Crippen molar-refractivity contribution in [2.45, 2.75) is 31.2 Å². The number of fused-ring (bicyclic) bond motifs is 1. The quantitative estimate of drug-likeness (QED) is 0.356. The molecule has 0 bridgehead atoms. The topological polar surface area (TPSA) is 67.7 Å². The zero-order valence-corrected chi connectivity index (χ0v) is 23.6. The van der Waals surface area contributed by atoms with E-state index in [9.17, 15) is 14.9 Å². The molecule has 6 nitrogen and oxygen atoms in total. The molecule has 8 heteroatoms. The Bertz CT molecular complexity index is 1420. The zero-order chi connectivity index (χ0) is 27.5. The van der Waals surface area contributed by atoms with Crippen LogP contribution in [0, 0.1) is 11.3 Å². The Balaban J connectivity index is 1.29. The first-order valence-electron chi connectivity index (χ1n) is 13.4. The number of likely N-dealkylation sites (N-methyl/N-ethyl adjacent to an activating group) is 1. The van der Waals surface area contributed by atoms with E-state index in [1.54, 1.807) is 11.0 Å². The predicted molar refractivity (Wildman–Crippen MR) is 155 cm³/mol. The summed E-state index contributed by atoms with van der Waals surface area (Å²) in [4.78, 5) is 31.9. The van der Waals surface area contributed by atoms with Crippen LogP contribution in [0.5, 0.6) is 0 Å². The average Bonchev–Trinajstić information content (AvgIpc) is 2.92. The summed E-state index contributed by atoms with van der Waals surface area (Å²) >= 11 is 12.6. The molecule has 39 heavy (non-hydrogen) atoms. The molecule has 0 saturated carbocycles. The van der Waals surface area contributed by atoms with Gasteiger partial charge < -0.3 is 9.80 Å². The number of amides is 1. The standard InChI is InChI=1S/C31H32Cl2N4O2/c1-35(31(39)28-15-21(17-34)14-23-4-2-3-5-27(23)28)18-24(22-6-7-29(32)30(33)16-22)8-11-36-19-25(20-36)37-12-9-26(38)10-13-37/h2-7,14-16,24-25H,8-13,18-20H2,1H3/t24-/m1/s1. The van der Waals surface area contributed by atoms with E-state index < -0.39 is 0 Å². The number of ketones is 1. The Morgan fingerprint density at radius 2 is 1.82 bits per heavy atom. The van der Waals surface area contributed by atoms with Crippen molar-refractivity contribution in [2.75, 3.05) is 46.3 Å². The fourth-order valence-corrected chi connectivity index (χ4v) is 6.04.